The fourth-order valence-corrected chi connectivity index (χ4v) is 3.88. The second-order valence-corrected chi connectivity index (χ2v) is 10.6. The van der Waals surface area contributed by atoms with Crippen molar-refractivity contribution in [2.45, 2.75) is 78.0 Å². The van der Waals surface area contributed by atoms with Crippen LogP contribution < -0.4 is 10.6 Å². The molecule has 0 aliphatic rings. The molecule has 0 bridgehead atoms. The molecule has 0 aliphatic carbocycles. The molecular weight excluding hydrogens is 440 g/mol. The summed E-state index contributed by atoms with van der Waals surface area (Å²) in [6.45, 7) is 10.2. The Balaban J connectivity index is 2.18. The molecule has 6 nitrogen and oxygen atoms in total. The summed E-state index contributed by atoms with van der Waals surface area (Å²) < 4.78 is 5.44. The van der Waals surface area contributed by atoms with E-state index in [0.717, 1.165) is 17.5 Å². The summed E-state index contributed by atoms with van der Waals surface area (Å²) in [5.74, 6) is -0.0238. The van der Waals surface area contributed by atoms with Gasteiger partial charge in [-0.3, -0.25) is 4.79 Å². The zero-order valence-electron chi connectivity index (χ0n) is 21.8. The molecule has 3 N–H and O–H groups in total. The molecule has 0 saturated carbocycles. The number of benzene rings is 2. The topological polar surface area (TPSA) is 87.7 Å². The fourth-order valence-electron chi connectivity index (χ4n) is 3.88. The number of aliphatic hydroxyl groups is 1. The van der Waals surface area contributed by atoms with Gasteiger partial charge in [0, 0.05) is 12.5 Å². The van der Waals surface area contributed by atoms with Crippen LogP contribution in [0.25, 0.3) is 0 Å². The lowest BCUT2D eigenvalue weighted by molar-refractivity contribution is -0.126. The summed E-state index contributed by atoms with van der Waals surface area (Å²) in [5.41, 5.74) is 1.36. The molecule has 0 heterocycles. The van der Waals surface area contributed by atoms with Gasteiger partial charge in [0.1, 0.15) is 5.60 Å². The van der Waals surface area contributed by atoms with Crippen LogP contribution in [0.15, 0.2) is 60.7 Å². The van der Waals surface area contributed by atoms with Crippen LogP contribution >= 0.6 is 0 Å². The van der Waals surface area contributed by atoms with Crippen molar-refractivity contribution in [1.29, 1.82) is 0 Å². The minimum atomic E-state index is -0.938. The maximum absolute atomic E-state index is 13.1. The molecule has 2 rings (SSSR count). The lowest BCUT2D eigenvalue weighted by atomic mass is 9.88. The molecule has 0 unspecified atom stereocenters. The van der Waals surface area contributed by atoms with Gasteiger partial charge < -0.3 is 20.5 Å². The largest absolute Gasteiger partial charge is 0.444 e. The Bertz CT molecular complexity index is 894. The number of rotatable bonds is 12. The van der Waals surface area contributed by atoms with E-state index in [-0.39, 0.29) is 12.3 Å². The first kappa shape index (κ1) is 28.4. The number of amides is 2. The van der Waals surface area contributed by atoms with Crippen LogP contribution in [0.1, 0.15) is 58.6 Å². The fraction of sp³-hybridized carbons (Fsp3) is 0.517. The first-order chi connectivity index (χ1) is 16.5. The Morgan fingerprint density at radius 1 is 0.914 bits per heavy atom. The predicted molar refractivity (Wildman–Crippen MR) is 140 cm³/mol. The third kappa shape index (κ3) is 11.4. The van der Waals surface area contributed by atoms with E-state index in [4.69, 9.17) is 4.74 Å². The van der Waals surface area contributed by atoms with E-state index in [9.17, 15) is 14.7 Å². The maximum Gasteiger partial charge on any atom is 0.407 e. The van der Waals surface area contributed by atoms with Gasteiger partial charge in [-0.05, 0) is 63.5 Å². The number of alkyl carbamates (subject to hydrolysis) is 1. The van der Waals surface area contributed by atoms with Gasteiger partial charge in [0.2, 0.25) is 5.91 Å². The van der Waals surface area contributed by atoms with Crippen LogP contribution in [-0.4, -0.2) is 41.4 Å². The monoisotopic (exact) mass is 482 g/mol. The van der Waals surface area contributed by atoms with Crippen molar-refractivity contribution in [3.05, 3.63) is 71.8 Å². The van der Waals surface area contributed by atoms with Crippen molar-refractivity contribution in [2.75, 3.05) is 6.54 Å². The minimum absolute atomic E-state index is 0.0794. The molecule has 2 aromatic rings. The summed E-state index contributed by atoms with van der Waals surface area (Å²) in [7, 11) is 0. The Morgan fingerprint density at radius 3 is 1.97 bits per heavy atom. The lowest BCUT2D eigenvalue weighted by Crippen LogP contribution is -2.48. The molecule has 3 atom stereocenters. The second-order valence-electron chi connectivity index (χ2n) is 10.6. The van der Waals surface area contributed by atoms with E-state index in [2.05, 4.69) is 24.5 Å². The van der Waals surface area contributed by atoms with Crippen molar-refractivity contribution in [3.63, 3.8) is 0 Å². The van der Waals surface area contributed by atoms with Gasteiger partial charge in [0.25, 0.3) is 0 Å². The standard InChI is InChI=1S/C29H42N2O4/c1-21(2)16-17-30-27(33)24(18-22-12-8-6-9-13-22)20-26(32)25(19-23-14-10-7-11-15-23)31-28(34)35-29(3,4)5/h6-15,21,24-26,32H,16-20H2,1-5H3,(H,30,33)(H,31,34)/t24-,25+,26+/m1/s1. The molecule has 0 aliphatic heterocycles. The van der Waals surface area contributed by atoms with Crippen molar-refractivity contribution in [3.8, 4) is 0 Å². The van der Waals surface area contributed by atoms with Crippen LogP contribution in [-0.2, 0) is 22.4 Å². The molecule has 192 valence electrons. The Labute approximate surface area is 210 Å². The van der Waals surface area contributed by atoms with Crippen molar-refractivity contribution in [2.24, 2.45) is 11.8 Å². The molecule has 0 saturated heterocycles. The molecule has 35 heavy (non-hydrogen) atoms. The summed E-state index contributed by atoms with van der Waals surface area (Å²) in [4.78, 5) is 25.7. The average molecular weight is 483 g/mol. The third-order valence-electron chi connectivity index (χ3n) is 5.71. The number of carbonyl (C=O) groups is 2. The Hall–Kier alpha value is -2.86. The second kappa shape index (κ2) is 13.9. The highest BCUT2D eigenvalue weighted by Gasteiger charge is 2.30. The lowest BCUT2D eigenvalue weighted by Gasteiger charge is -2.29. The van der Waals surface area contributed by atoms with Crippen LogP contribution in [0.4, 0.5) is 4.79 Å². The van der Waals surface area contributed by atoms with E-state index in [1.807, 2.05) is 60.7 Å². The van der Waals surface area contributed by atoms with E-state index in [0.29, 0.717) is 25.3 Å². The number of ether oxygens (including phenoxy) is 1. The number of hydrogen-bond donors (Lipinski definition) is 3. The van der Waals surface area contributed by atoms with Gasteiger partial charge in [0.05, 0.1) is 12.1 Å². The first-order valence-electron chi connectivity index (χ1n) is 12.6. The number of hydrogen-bond acceptors (Lipinski definition) is 4. The normalized spacial score (nSPS) is 14.1. The summed E-state index contributed by atoms with van der Waals surface area (Å²) >= 11 is 0. The highest BCUT2D eigenvalue weighted by atomic mass is 16.6. The quantitative estimate of drug-likeness (QED) is 0.402. The third-order valence-corrected chi connectivity index (χ3v) is 5.71. The van der Waals surface area contributed by atoms with Gasteiger partial charge in [-0.15, -0.1) is 0 Å². The van der Waals surface area contributed by atoms with Crippen molar-refractivity contribution < 1.29 is 19.4 Å². The van der Waals surface area contributed by atoms with Crippen LogP contribution in [0, 0.1) is 11.8 Å². The van der Waals surface area contributed by atoms with E-state index in [1.54, 1.807) is 20.8 Å². The molecular formula is C29H42N2O4. The van der Waals surface area contributed by atoms with Crippen LogP contribution in [0.3, 0.4) is 0 Å². The van der Waals surface area contributed by atoms with Gasteiger partial charge in [-0.1, -0.05) is 74.5 Å². The highest BCUT2D eigenvalue weighted by Crippen LogP contribution is 2.19. The highest BCUT2D eigenvalue weighted by molar-refractivity contribution is 5.79. The Kier molecular flexibility index (Phi) is 11.3. The molecule has 6 heteroatoms. The zero-order chi connectivity index (χ0) is 25.8. The van der Waals surface area contributed by atoms with Crippen molar-refractivity contribution in [1.82, 2.24) is 10.6 Å². The summed E-state index contributed by atoms with van der Waals surface area (Å²) in [5, 5.41) is 17.2. The SMILES string of the molecule is CC(C)CCNC(=O)[C@H](Cc1ccccc1)C[C@H](O)[C@H](Cc1ccccc1)NC(=O)OC(C)(C)C. The van der Waals surface area contributed by atoms with Gasteiger partial charge >= 0.3 is 6.09 Å². The Morgan fingerprint density at radius 2 is 1.46 bits per heavy atom. The molecule has 0 spiro atoms. The first-order valence-corrected chi connectivity index (χ1v) is 12.6. The van der Waals surface area contributed by atoms with Gasteiger partial charge in [0.15, 0.2) is 0 Å². The molecule has 2 aromatic carbocycles. The molecule has 2 amide bonds. The maximum atomic E-state index is 13.1. The average Bonchev–Trinajstić information content (AvgIpc) is 2.78. The predicted octanol–water partition coefficient (Wildman–Crippen LogP) is 4.89. The zero-order valence-corrected chi connectivity index (χ0v) is 21.8. The van der Waals surface area contributed by atoms with E-state index >= 15 is 0 Å². The number of nitrogens with one attached hydrogen (secondary N) is 2. The number of carbonyl (C=O) groups excluding carboxylic acids is 2. The van der Waals surface area contributed by atoms with E-state index < -0.39 is 29.8 Å². The van der Waals surface area contributed by atoms with Crippen molar-refractivity contribution >= 4 is 12.0 Å². The van der Waals surface area contributed by atoms with Crippen LogP contribution in [0.2, 0.25) is 0 Å². The molecule has 0 fully saturated rings. The smallest absolute Gasteiger partial charge is 0.407 e. The van der Waals surface area contributed by atoms with Crippen LogP contribution in [0.5, 0.6) is 0 Å². The van der Waals surface area contributed by atoms with Gasteiger partial charge in [-0.2, -0.15) is 0 Å². The minimum Gasteiger partial charge on any atom is -0.444 e. The summed E-state index contributed by atoms with van der Waals surface area (Å²) in [6.07, 6.45) is 0.522. The van der Waals surface area contributed by atoms with Gasteiger partial charge in [-0.25, -0.2) is 4.79 Å². The number of aliphatic hydroxyl groups excluding tert-OH is 1. The molecule has 0 radical (unpaired) electrons. The summed E-state index contributed by atoms with van der Waals surface area (Å²) in [6, 6.07) is 18.9. The molecule has 0 aromatic heterocycles. The van der Waals surface area contributed by atoms with E-state index in [1.165, 1.54) is 0 Å².